The molecule has 0 atom stereocenters. The molecule has 4 heteroatoms. The van der Waals surface area contributed by atoms with Crippen LogP contribution in [0.3, 0.4) is 0 Å². The van der Waals surface area contributed by atoms with Crippen molar-refractivity contribution in [3.8, 4) is 0 Å². The fourth-order valence-corrected chi connectivity index (χ4v) is 2.75. The Morgan fingerprint density at radius 2 is 1.75 bits per heavy atom. The van der Waals surface area contributed by atoms with Crippen molar-refractivity contribution in [1.29, 1.82) is 0 Å². The quantitative estimate of drug-likeness (QED) is 0.737. The molecule has 0 aliphatic carbocycles. The van der Waals surface area contributed by atoms with E-state index in [0.29, 0.717) is 17.7 Å². The minimum Gasteiger partial charge on any atom is -0.341 e. The van der Waals surface area contributed by atoms with Gasteiger partial charge in [-0.1, -0.05) is 36.8 Å². The summed E-state index contributed by atoms with van der Waals surface area (Å²) in [5, 5.41) is 3.78. The Kier molecular flexibility index (Phi) is 4.21. The monoisotopic (exact) mass is 320 g/mol. The smallest absolute Gasteiger partial charge is 0.224 e. The number of benzene rings is 2. The molecule has 0 bridgehead atoms. The lowest BCUT2D eigenvalue weighted by Crippen LogP contribution is -2.09. The molecule has 3 rings (SSSR count). The summed E-state index contributed by atoms with van der Waals surface area (Å²) in [5.74, 6) is -0.0333. The number of nitrogens with zero attached hydrogens (tertiary/aromatic N) is 1. The zero-order chi connectivity index (χ0) is 17.3. The second-order valence-electron chi connectivity index (χ2n) is 5.96. The number of hydrogen-bond acceptors (Lipinski definition) is 2. The van der Waals surface area contributed by atoms with E-state index in [4.69, 9.17) is 0 Å². The summed E-state index contributed by atoms with van der Waals surface area (Å²) in [6, 6.07) is 15.1. The first-order valence-corrected chi connectivity index (χ1v) is 8.00. The summed E-state index contributed by atoms with van der Waals surface area (Å²) in [5.41, 5.74) is 4.13. The van der Waals surface area contributed by atoms with E-state index in [-0.39, 0.29) is 11.7 Å². The number of amides is 1. The van der Waals surface area contributed by atoms with E-state index in [1.807, 2.05) is 74.0 Å². The number of rotatable bonds is 4. The largest absolute Gasteiger partial charge is 0.341 e. The Balaban J connectivity index is 1.99. The van der Waals surface area contributed by atoms with Crippen molar-refractivity contribution in [1.82, 2.24) is 4.57 Å². The molecule has 0 aliphatic rings. The third-order valence-corrected chi connectivity index (χ3v) is 4.19. The first kappa shape index (κ1) is 16.0. The summed E-state index contributed by atoms with van der Waals surface area (Å²) in [6.07, 6.45) is 0.435. The maximum absolute atomic E-state index is 12.8. The van der Waals surface area contributed by atoms with E-state index in [9.17, 15) is 9.59 Å². The molecule has 1 heterocycles. The minimum absolute atomic E-state index is 0.00663. The lowest BCUT2D eigenvalue weighted by Gasteiger charge is -2.05. The molecule has 0 unspecified atom stereocenters. The normalized spacial score (nSPS) is 10.8. The maximum Gasteiger partial charge on any atom is 0.224 e. The number of aryl methyl sites for hydroxylation is 2. The first-order chi connectivity index (χ1) is 11.5. The lowest BCUT2D eigenvalue weighted by molar-refractivity contribution is -0.115. The molecule has 1 amide bonds. The number of anilines is 1. The fourth-order valence-electron chi connectivity index (χ4n) is 2.75. The van der Waals surface area contributed by atoms with Crippen molar-refractivity contribution in [2.24, 2.45) is 7.05 Å². The van der Waals surface area contributed by atoms with Gasteiger partial charge in [0.1, 0.15) is 0 Å². The Labute approximate surface area is 141 Å². The standard InChI is InChI=1S/C20H20N2O2/c1-4-19(23)21-16-9-10-17-15(11-16)12-18(22(17)3)20(24)14-7-5-13(2)6-8-14/h5-12H,4H2,1-3H3,(H,21,23). The van der Waals surface area contributed by atoms with Gasteiger partial charge in [-0.2, -0.15) is 0 Å². The van der Waals surface area contributed by atoms with Crippen LogP contribution in [0.1, 0.15) is 35.0 Å². The molecule has 0 saturated heterocycles. The van der Waals surface area contributed by atoms with Gasteiger partial charge in [-0.25, -0.2) is 0 Å². The van der Waals surface area contributed by atoms with Crippen LogP contribution in [-0.2, 0) is 11.8 Å². The average Bonchev–Trinajstić information content (AvgIpc) is 2.91. The molecule has 2 aromatic carbocycles. The van der Waals surface area contributed by atoms with Crippen LogP contribution in [0.15, 0.2) is 48.5 Å². The topological polar surface area (TPSA) is 51.1 Å². The molecule has 24 heavy (non-hydrogen) atoms. The van der Waals surface area contributed by atoms with E-state index in [1.165, 1.54) is 0 Å². The number of carbonyl (C=O) groups excluding carboxylic acids is 2. The van der Waals surface area contributed by atoms with E-state index < -0.39 is 0 Å². The highest BCUT2D eigenvalue weighted by Crippen LogP contribution is 2.24. The number of hydrogen-bond donors (Lipinski definition) is 1. The minimum atomic E-state index is -0.0266. The molecule has 0 spiro atoms. The Bertz CT molecular complexity index is 921. The van der Waals surface area contributed by atoms with Crippen molar-refractivity contribution in [2.75, 3.05) is 5.32 Å². The van der Waals surface area contributed by atoms with Gasteiger partial charge in [0.25, 0.3) is 0 Å². The van der Waals surface area contributed by atoms with Gasteiger partial charge in [0.2, 0.25) is 11.7 Å². The Morgan fingerprint density at radius 1 is 1.04 bits per heavy atom. The SMILES string of the molecule is CCC(=O)Nc1ccc2c(c1)cc(C(=O)c1ccc(C)cc1)n2C. The van der Waals surface area contributed by atoms with E-state index in [2.05, 4.69) is 5.32 Å². The number of carbonyl (C=O) groups is 2. The highest BCUT2D eigenvalue weighted by atomic mass is 16.1. The molecule has 0 saturated carbocycles. The molecule has 1 aromatic heterocycles. The predicted octanol–water partition coefficient (Wildman–Crippen LogP) is 4.07. The van der Waals surface area contributed by atoms with Gasteiger partial charge in [-0.3, -0.25) is 9.59 Å². The molecule has 4 nitrogen and oxygen atoms in total. The molecule has 122 valence electrons. The molecular weight excluding hydrogens is 300 g/mol. The average molecular weight is 320 g/mol. The zero-order valence-corrected chi connectivity index (χ0v) is 14.1. The molecule has 0 fully saturated rings. The highest BCUT2D eigenvalue weighted by molar-refractivity contribution is 6.10. The van der Waals surface area contributed by atoms with Crippen LogP contribution in [0.25, 0.3) is 10.9 Å². The van der Waals surface area contributed by atoms with Gasteiger partial charge in [0.05, 0.1) is 5.69 Å². The van der Waals surface area contributed by atoms with Crippen LogP contribution >= 0.6 is 0 Å². The molecule has 0 aliphatic heterocycles. The number of aromatic nitrogens is 1. The maximum atomic E-state index is 12.8. The van der Waals surface area contributed by atoms with E-state index >= 15 is 0 Å². The van der Waals surface area contributed by atoms with Gasteiger partial charge in [-0.05, 0) is 31.2 Å². The van der Waals surface area contributed by atoms with Crippen molar-refractivity contribution < 1.29 is 9.59 Å². The van der Waals surface area contributed by atoms with Crippen LogP contribution in [0, 0.1) is 6.92 Å². The molecule has 1 N–H and O–H groups in total. The predicted molar refractivity (Wildman–Crippen MR) is 96.5 cm³/mol. The van der Waals surface area contributed by atoms with Gasteiger partial charge in [0, 0.05) is 35.6 Å². The van der Waals surface area contributed by atoms with Gasteiger partial charge in [-0.15, -0.1) is 0 Å². The Morgan fingerprint density at radius 3 is 2.42 bits per heavy atom. The summed E-state index contributed by atoms with van der Waals surface area (Å²) in [4.78, 5) is 24.3. The van der Waals surface area contributed by atoms with E-state index in [1.54, 1.807) is 0 Å². The summed E-state index contributed by atoms with van der Waals surface area (Å²) in [7, 11) is 1.88. The van der Waals surface area contributed by atoms with Crippen LogP contribution in [0.4, 0.5) is 5.69 Å². The summed E-state index contributed by atoms with van der Waals surface area (Å²) < 4.78 is 1.89. The third kappa shape index (κ3) is 2.95. The summed E-state index contributed by atoms with van der Waals surface area (Å²) in [6.45, 7) is 3.81. The second-order valence-corrected chi connectivity index (χ2v) is 5.96. The highest BCUT2D eigenvalue weighted by Gasteiger charge is 2.15. The zero-order valence-electron chi connectivity index (χ0n) is 14.1. The van der Waals surface area contributed by atoms with Crippen LogP contribution in [-0.4, -0.2) is 16.3 Å². The van der Waals surface area contributed by atoms with Crippen molar-refractivity contribution in [3.05, 3.63) is 65.4 Å². The van der Waals surface area contributed by atoms with Gasteiger partial charge < -0.3 is 9.88 Å². The van der Waals surface area contributed by atoms with Crippen molar-refractivity contribution in [3.63, 3.8) is 0 Å². The number of fused-ring (bicyclic) bond motifs is 1. The van der Waals surface area contributed by atoms with Gasteiger partial charge in [0.15, 0.2) is 0 Å². The van der Waals surface area contributed by atoms with Crippen LogP contribution in [0.2, 0.25) is 0 Å². The molecule has 0 radical (unpaired) electrons. The summed E-state index contributed by atoms with van der Waals surface area (Å²) >= 11 is 0. The van der Waals surface area contributed by atoms with Crippen LogP contribution < -0.4 is 5.32 Å². The molecular formula is C20H20N2O2. The fraction of sp³-hybridized carbons (Fsp3) is 0.200. The van der Waals surface area contributed by atoms with Gasteiger partial charge >= 0.3 is 0 Å². The lowest BCUT2D eigenvalue weighted by atomic mass is 10.1. The Hall–Kier alpha value is -2.88. The van der Waals surface area contributed by atoms with E-state index in [0.717, 1.165) is 22.2 Å². The van der Waals surface area contributed by atoms with Crippen LogP contribution in [0.5, 0.6) is 0 Å². The molecule has 3 aromatic rings. The second kappa shape index (κ2) is 6.32. The van der Waals surface area contributed by atoms with Crippen molar-refractivity contribution >= 4 is 28.3 Å². The third-order valence-electron chi connectivity index (χ3n) is 4.19. The number of ketones is 1. The number of nitrogens with one attached hydrogen (secondary N) is 1. The van der Waals surface area contributed by atoms with Crippen molar-refractivity contribution in [2.45, 2.75) is 20.3 Å². The first-order valence-electron chi connectivity index (χ1n) is 8.00.